The van der Waals surface area contributed by atoms with E-state index in [2.05, 4.69) is 28.7 Å². The average Bonchev–Trinajstić information content (AvgIpc) is 2.97. The Morgan fingerprint density at radius 3 is 3.17 bits per heavy atom. The summed E-state index contributed by atoms with van der Waals surface area (Å²) in [5, 5.41) is 3.52. The molecule has 0 saturated carbocycles. The second-order valence-electron chi connectivity index (χ2n) is 5.48. The summed E-state index contributed by atoms with van der Waals surface area (Å²) in [5.74, 6) is 0.622. The van der Waals surface area contributed by atoms with Gasteiger partial charge in [-0.2, -0.15) is 0 Å². The summed E-state index contributed by atoms with van der Waals surface area (Å²) < 4.78 is 7.87. The zero-order valence-electron chi connectivity index (χ0n) is 11.6. The topological polar surface area (TPSA) is 39.1 Å². The minimum atomic E-state index is 0.504. The van der Waals surface area contributed by atoms with Crippen LogP contribution in [-0.2, 0) is 11.3 Å². The first kappa shape index (κ1) is 13.6. The van der Waals surface area contributed by atoms with Crippen LogP contribution in [-0.4, -0.2) is 29.3 Å². The molecular formula is C14H25N3O. The molecule has 2 heterocycles. The Hall–Kier alpha value is -0.870. The number of nitrogens with one attached hydrogen (secondary N) is 1. The maximum absolute atomic E-state index is 5.61. The van der Waals surface area contributed by atoms with E-state index in [1.54, 1.807) is 0 Å². The molecule has 1 saturated heterocycles. The van der Waals surface area contributed by atoms with Gasteiger partial charge in [0.2, 0.25) is 0 Å². The lowest BCUT2D eigenvalue weighted by Crippen LogP contribution is -2.17. The highest BCUT2D eigenvalue weighted by Crippen LogP contribution is 2.22. The van der Waals surface area contributed by atoms with Crippen molar-refractivity contribution in [3.05, 3.63) is 18.2 Å². The number of hydrogen-bond acceptors (Lipinski definition) is 3. The molecule has 1 fully saturated rings. The number of nitrogens with zero attached hydrogens (tertiary/aromatic N) is 2. The second kappa shape index (κ2) is 6.90. The molecule has 102 valence electrons. The molecule has 0 spiro atoms. The highest BCUT2D eigenvalue weighted by Gasteiger charge is 2.19. The van der Waals surface area contributed by atoms with Gasteiger partial charge in [-0.1, -0.05) is 13.8 Å². The molecule has 1 aliphatic rings. The minimum Gasteiger partial charge on any atom is -0.381 e. The van der Waals surface area contributed by atoms with E-state index in [9.17, 15) is 0 Å². The number of aryl methyl sites for hydroxylation is 1. The molecule has 4 nitrogen and oxygen atoms in total. The Bertz CT molecular complexity index is 343. The van der Waals surface area contributed by atoms with Gasteiger partial charge in [0.1, 0.15) is 0 Å². The van der Waals surface area contributed by atoms with E-state index in [0.717, 1.165) is 32.7 Å². The lowest BCUT2D eigenvalue weighted by Gasteiger charge is -2.14. The molecule has 4 heteroatoms. The number of aromatic nitrogens is 2. The fourth-order valence-electron chi connectivity index (χ4n) is 2.40. The van der Waals surface area contributed by atoms with E-state index in [1.165, 1.54) is 18.5 Å². The van der Waals surface area contributed by atoms with Crippen LogP contribution in [0.2, 0.25) is 0 Å². The largest absolute Gasteiger partial charge is 0.381 e. The van der Waals surface area contributed by atoms with Crippen LogP contribution in [0.15, 0.2) is 12.5 Å². The van der Waals surface area contributed by atoms with Crippen LogP contribution in [0.5, 0.6) is 0 Å². The molecule has 18 heavy (non-hydrogen) atoms. The van der Waals surface area contributed by atoms with Crippen LogP contribution in [0.4, 0.5) is 0 Å². The molecule has 0 aromatic carbocycles. The number of imidazole rings is 1. The predicted molar refractivity (Wildman–Crippen MR) is 72.5 cm³/mol. The van der Waals surface area contributed by atoms with Crippen molar-refractivity contribution in [3.63, 3.8) is 0 Å². The number of ether oxygens (including phenoxy) is 1. The Kier molecular flexibility index (Phi) is 5.20. The molecule has 0 aliphatic carbocycles. The summed E-state index contributed by atoms with van der Waals surface area (Å²) in [6, 6.07) is 0.504. The lowest BCUT2D eigenvalue weighted by molar-refractivity contribution is 0.105. The van der Waals surface area contributed by atoms with Gasteiger partial charge in [0.15, 0.2) is 0 Å². The van der Waals surface area contributed by atoms with Gasteiger partial charge in [0.25, 0.3) is 0 Å². The summed E-state index contributed by atoms with van der Waals surface area (Å²) in [6.07, 6.45) is 7.50. The fourth-order valence-corrected chi connectivity index (χ4v) is 2.40. The Morgan fingerprint density at radius 2 is 2.44 bits per heavy atom. The highest BCUT2D eigenvalue weighted by atomic mass is 16.5. The van der Waals surface area contributed by atoms with Crippen molar-refractivity contribution < 1.29 is 4.74 Å². The van der Waals surface area contributed by atoms with Crippen molar-refractivity contribution >= 4 is 0 Å². The second-order valence-corrected chi connectivity index (χ2v) is 5.48. The molecule has 0 radical (unpaired) electrons. The smallest absolute Gasteiger partial charge is 0.0948 e. The Balaban J connectivity index is 1.74. The van der Waals surface area contributed by atoms with E-state index in [-0.39, 0.29) is 0 Å². The van der Waals surface area contributed by atoms with Crippen LogP contribution >= 0.6 is 0 Å². The van der Waals surface area contributed by atoms with Crippen LogP contribution < -0.4 is 5.32 Å². The minimum absolute atomic E-state index is 0.504. The third-order valence-corrected chi connectivity index (χ3v) is 3.30. The molecule has 1 aromatic rings. The SMILES string of the molecule is CC(C)COCCCn1cncc1[C@@H]1CCCN1. The number of hydrogen-bond donors (Lipinski definition) is 1. The van der Waals surface area contributed by atoms with Gasteiger partial charge in [-0.15, -0.1) is 0 Å². The third-order valence-electron chi connectivity index (χ3n) is 3.30. The van der Waals surface area contributed by atoms with Crippen LogP contribution in [0, 0.1) is 5.92 Å². The lowest BCUT2D eigenvalue weighted by atomic mass is 10.2. The number of rotatable bonds is 7. The molecule has 1 aromatic heterocycles. The molecule has 1 atom stereocenters. The van der Waals surface area contributed by atoms with Gasteiger partial charge in [-0.25, -0.2) is 4.98 Å². The van der Waals surface area contributed by atoms with Crippen molar-refractivity contribution in [3.8, 4) is 0 Å². The van der Waals surface area contributed by atoms with Crippen LogP contribution in [0.25, 0.3) is 0 Å². The standard InChI is InChI=1S/C14H25N3O/c1-12(2)10-18-8-4-7-17-11-15-9-14(17)13-5-3-6-16-13/h9,11-13,16H,3-8,10H2,1-2H3/t13-/m0/s1. The zero-order valence-corrected chi connectivity index (χ0v) is 11.6. The van der Waals surface area contributed by atoms with Crippen molar-refractivity contribution in [2.45, 2.75) is 45.7 Å². The maximum atomic E-state index is 5.61. The predicted octanol–water partition coefficient (Wildman–Crippen LogP) is 2.37. The first-order chi connectivity index (χ1) is 8.77. The summed E-state index contributed by atoms with van der Waals surface area (Å²) in [6.45, 7) is 8.20. The quantitative estimate of drug-likeness (QED) is 0.756. The first-order valence-electron chi connectivity index (χ1n) is 7.08. The normalized spacial score (nSPS) is 19.8. The van der Waals surface area contributed by atoms with Gasteiger partial charge in [0, 0.05) is 32.0 Å². The fraction of sp³-hybridized carbons (Fsp3) is 0.786. The van der Waals surface area contributed by atoms with Crippen molar-refractivity contribution in [2.24, 2.45) is 5.92 Å². The zero-order chi connectivity index (χ0) is 12.8. The van der Waals surface area contributed by atoms with Gasteiger partial charge in [-0.3, -0.25) is 0 Å². The van der Waals surface area contributed by atoms with Gasteiger partial charge in [0.05, 0.1) is 12.0 Å². The van der Waals surface area contributed by atoms with E-state index < -0.39 is 0 Å². The molecule has 0 bridgehead atoms. The monoisotopic (exact) mass is 251 g/mol. The van der Waals surface area contributed by atoms with E-state index in [4.69, 9.17) is 4.74 Å². The molecule has 1 aliphatic heterocycles. The molecular weight excluding hydrogens is 226 g/mol. The van der Waals surface area contributed by atoms with E-state index >= 15 is 0 Å². The van der Waals surface area contributed by atoms with Gasteiger partial charge < -0.3 is 14.6 Å². The van der Waals surface area contributed by atoms with Crippen LogP contribution in [0.1, 0.15) is 44.8 Å². The average molecular weight is 251 g/mol. The summed E-state index contributed by atoms with van der Waals surface area (Å²) >= 11 is 0. The van der Waals surface area contributed by atoms with Gasteiger partial charge in [-0.05, 0) is 31.7 Å². The maximum Gasteiger partial charge on any atom is 0.0948 e. The summed E-state index contributed by atoms with van der Waals surface area (Å²) in [4.78, 5) is 4.28. The van der Waals surface area contributed by atoms with Crippen molar-refractivity contribution in [1.82, 2.24) is 14.9 Å². The van der Waals surface area contributed by atoms with Crippen LogP contribution in [0.3, 0.4) is 0 Å². The first-order valence-corrected chi connectivity index (χ1v) is 7.08. The third kappa shape index (κ3) is 3.82. The summed E-state index contributed by atoms with van der Waals surface area (Å²) in [5.41, 5.74) is 1.33. The Labute approximate surface area is 110 Å². The van der Waals surface area contributed by atoms with E-state index in [1.807, 2.05) is 12.5 Å². The summed E-state index contributed by atoms with van der Waals surface area (Å²) in [7, 11) is 0. The molecule has 2 rings (SSSR count). The van der Waals surface area contributed by atoms with E-state index in [0.29, 0.717) is 12.0 Å². The molecule has 1 N–H and O–H groups in total. The highest BCUT2D eigenvalue weighted by molar-refractivity contribution is 5.07. The van der Waals surface area contributed by atoms with Gasteiger partial charge >= 0.3 is 0 Å². The van der Waals surface area contributed by atoms with Crippen molar-refractivity contribution in [1.29, 1.82) is 0 Å². The Morgan fingerprint density at radius 1 is 1.56 bits per heavy atom. The molecule has 0 amide bonds. The molecule has 0 unspecified atom stereocenters. The van der Waals surface area contributed by atoms with Crippen molar-refractivity contribution in [2.75, 3.05) is 19.8 Å².